The minimum absolute atomic E-state index is 0.235. The van der Waals surface area contributed by atoms with E-state index >= 15 is 0 Å². The van der Waals surface area contributed by atoms with Crippen LogP contribution in [-0.4, -0.2) is 50.3 Å². The minimum Gasteiger partial charge on any atom is -0.399 e. The standard InChI is InChI=1S/C16H30N4O2S/c1-5-14-15(18)11-13(17)12-16(14)23(21,22)20(8-4)10-9-19(6-2)7-3/h11-12H,5-10,17-18H2,1-4H3. The van der Waals surface area contributed by atoms with E-state index in [1.54, 1.807) is 6.07 Å². The third-order valence-corrected chi connectivity index (χ3v) is 6.19. The van der Waals surface area contributed by atoms with Gasteiger partial charge in [0.05, 0.1) is 4.90 Å². The van der Waals surface area contributed by atoms with Gasteiger partial charge in [0.2, 0.25) is 10.0 Å². The monoisotopic (exact) mass is 342 g/mol. The summed E-state index contributed by atoms with van der Waals surface area (Å²) in [6.45, 7) is 11.3. The number of nitrogen functional groups attached to an aromatic ring is 2. The lowest BCUT2D eigenvalue weighted by Crippen LogP contribution is -2.39. The topological polar surface area (TPSA) is 92.7 Å². The molecule has 0 aliphatic carbocycles. The highest BCUT2D eigenvalue weighted by atomic mass is 32.2. The highest BCUT2D eigenvalue weighted by Gasteiger charge is 2.27. The Hall–Kier alpha value is -1.31. The van der Waals surface area contributed by atoms with Crippen LogP contribution in [0.5, 0.6) is 0 Å². The van der Waals surface area contributed by atoms with Crippen molar-refractivity contribution in [2.75, 3.05) is 44.2 Å². The number of anilines is 2. The van der Waals surface area contributed by atoms with Crippen LogP contribution in [-0.2, 0) is 16.4 Å². The summed E-state index contributed by atoms with van der Waals surface area (Å²) in [6, 6.07) is 3.13. The van der Waals surface area contributed by atoms with E-state index in [0.717, 1.165) is 13.1 Å². The Morgan fingerprint density at radius 3 is 2.04 bits per heavy atom. The van der Waals surface area contributed by atoms with E-state index in [9.17, 15) is 8.42 Å². The summed E-state index contributed by atoms with van der Waals surface area (Å²) in [7, 11) is -3.60. The molecule has 0 saturated heterocycles. The Balaban J connectivity index is 3.17. The van der Waals surface area contributed by atoms with Crippen LogP contribution in [0.2, 0.25) is 0 Å². The van der Waals surface area contributed by atoms with Crippen molar-refractivity contribution in [2.45, 2.75) is 39.0 Å². The summed E-state index contributed by atoms with van der Waals surface area (Å²) in [5.74, 6) is 0. The van der Waals surface area contributed by atoms with E-state index < -0.39 is 10.0 Å². The summed E-state index contributed by atoms with van der Waals surface area (Å²) >= 11 is 0. The molecule has 0 amide bonds. The summed E-state index contributed by atoms with van der Waals surface area (Å²) < 4.78 is 27.6. The first-order valence-electron chi connectivity index (χ1n) is 8.22. The van der Waals surface area contributed by atoms with Gasteiger partial charge in [-0.05, 0) is 37.2 Å². The molecule has 0 bridgehead atoms. The molecule has 0 aliphatic rings. The van der Waals surface area contributed by atoms with Crippen LogP contribution in [0.4, 0.5) is 11.4 Å². The lowest BCUT2D eigenvalue weighted by Gasteiger charge is -2.26. The summed E-state index contributed by atoms with van der Waals surface area (Å²) in [4.78, 5) is 2.44. The first-order valence-corrected chi connectivity index (χ1v) is 9.66. The molecule has 0 aromatic heterocycles. The van der Waals surface area contributed by atoms with Gasteiger partial charge in [-0.3, -0.25) is 0 Å². The lowest BCUT2D eigenvalue weighted by atomic mass is 10.1. The lowest BCUT2D eigenvalue weighted by molar-refractivity contribution is 0.274. The van der Waals surface area contributed by atoms with E-state index in [1.165, 1.54) is 10.4 Å². The van der Waals surface area contributed by atoms with E-state index in [4.69, 9.17) is 11.5 Å². The van der Waals surface area contributed by atoms with Crippen LogP contribution in [0.1, 0.15) is 33.3 Å². The maximum absolute atomic E-state index is 13.0. The number of rotatable bonds is 9. The molecule has 0 spiro atoms. The molecule has 1 aromatic rings. The van der Waals surface area contributed by atoms with E-state index in [1.807, 2.05) is 13.8 Å². The quantitative estimate of drug-likeness (QED) is 0.667. The fourth-order valence-electron chi connectivity index (χ4n) is 2.68. The third-order valence-electron chi connectivity index (χ3n) is 4.15. The Labute approximate surface area is 140 Å². The number of nitrogens with zero attached hydrogens (tertiary/aromatic N) is 2. The smallest absolute Gasteiger partial charge is 0.243 e. The predicted octanol–water partition coefficient (Wildman–Crippen LogP) is 1.77. The van der Waals surface area contributed by atoms with Gasteiger partial charge in [-0.15, -0.1) is 0 Å². The molecule has 1 aromatic carbocycles. The fraction of sp³-hybridized carbons (Fsp3) is 0.625. The SMILES string of the molecule is CCc1c(N)cc(N)cc1S(=O)(=O)N(CC)CCN(CC)CC. The summed E-state index contributed by atoms with van der Waals surface area (Å²) in [6.07, 6.45) is 0.550. The molecule has 23 heavy (non-hydrogen) atoms. The van der Waals surface area contributed by atoms with Crippen molar-refractivity contribution in [3.8, 4) is 0 Å². The fourth-order valence-corrected chi connectivity index (χ4v) is 4.48. The predicted molar refractivity (Wildman–Crippen MR) is 96.9 cm³/mol. The van der Waals surface area contributed by atoms with E-state index in [-0.39, 0.29) is 4.90 Å². The molecule has 0 fully saturated rings. The van der Waals surface area contributed by atoms with Gasteiger partial charge in [0.1, 0.15) is 0 Å². The second-order valence-electron chi connectivity index (χ2n) is 5.46. The Morgan fingerprint density at radius 1 is 0.957 bits per heavy atom. The van der Waals surface area contributed by atoms with Gasteiger partial charge in [0.15, 0.2) is 0 Å². The maximum atomic E-state index is 13.0. The second-order valence-corrected chi connectivity index (χ2v) is 7.37. The summed E-state index contributed by atoms with van der Waals surface area (Å²) in [5, 5.41) is 0. The second kappa shape index (κ2) is 8.52. The molecule has 0 unspecified atom stereocenters. The van der Waals surface area contributed by atoms with Gasteiger partial charge in [0, 0.05) is 31.0 Å². The van der Waals surface area contributed by atoms with Crippen molar-refractivity contribution in [1.29, 1.82) is 0 Å². The summed E-state index contributed by atoms with van der Waals surface area (Å²) in [5.41, 5.74) is 13.2. The molecule has 0 aliphatic heterocycles. The van der Waals surface area contributed by atoms with Crippen LogP contribution in [0.25, 0.3) is 0 Å². The van der Waals surface area contributed by atoms with Gasteiger partial charge in [-0.2, -0.15) is 4.31 Å². The van der Waals surface area contributed by atoms with Crippen molar-refractivity contribution in [1.82, 2.24) is 9.21 Å². The van der Waals surface area contributed by atoms with Crippen molar-refractivity contribution < 1.29 is 8.42 Å². The highest BCUT2D eigenvalue weighted by Crippen LogP contribution is 2.28. The maximum Gasteiger partial charge on any atom is 0.243 e. The first-order chi connectivity index (χ1) is 10.8. The van der Waals surface area contributed by atoms with Crippen LogP contribution in [0.3, 0.4) is 0 Å². The van der Waals surface area contributed by atoms with Gasteiger partial charge in [-0.1, -0.05) is 27.7 Å². The number of hydrogen-bond donors (Lipinski definition) is 2. The van der Waals surface area contributed by atoms with Crippen molar-refractivity contribution in [3.05, 3.63) is 17.7 Å². The number of sulfonamides is 1. The van der Waals surface area contributed by atoms with Gasteiger partial charge in [-0.25, -0.2) is 8.42 Å². The van der Waals surface area contributed by atoms with Crippen LogP contribution in [0, 0.1) is 0 Å². The van der Waals surface area contributed by atoms with E-state index in [2.05, 4.69) is 18.7 Å². The van der Waals surface area contributed by atoms with Crippen molar-refractivity contribution in [2.24, 2.45) is 0 Å². The van der Waals surface area contributed by atoms with Gasteiger partial charge >= 0.3 is 0 Å². The molecule has 6 nitrogen and oxygen atoms in total. The molecule has 4 N–H and O–H groups in total. The zero-order valence-electron chi connectivity index (χ0n) is 14.7. The number of benzene rings is 1. The number of nitrogens with two attached hydrogens (primary N) is 2. The Morgan fingerprint density at radius 2 is 1.57 bits per heavy atom. The third kappa shape index (κ3) is 4.59. The zero-order valence-corrected chi connectivity index (χ0v) is 15.5. The average Bonchev–Trinajstić information content (AvgIpc) is 2.50. The molecule has 0 radical (unpaired) electrons. The zero-order chi connectivity index (χ0) is 17.6. The van der Waals surface area contributed by atoms with Crippen LogP contribution in [0.15, 0.2) is 17.0 Å². The largest absolute Gasteiger partial charge is 0.399 e. The highest BCUT2D eigenvalue weighted by molar-refractivity contribution is 7.89. The Bertz CT molecular complexity index is 613. The van der Waals surface area contributed by atoms with Crippen molar-refractivity contribution >= 4 is 21.4 Å². The van der Waals surface area contributed by atoms with Crippen LogP contribution >= 0.6 is 0 Å². The molecule has 0 heterocycles. The van der Waals surface area contributed by atoms with Gasteiger partial charge in [0.25, 0.3) is 0 Å². The molecular formula is C16H30N4O2S. The van der Waals surface area contributed by atoms with Crippen LogP contribution < -0.4 is 11.5 Å². The van der Waals surface area contributed by atoms with Gasteiger partial charge < -0.3 is 16.4 Å². The molecule has 1 rings (SSSR count). The minimum atomic E-state index is -3.60. The molecule has 132 valence electrons. The molecule has 7 heteroatoms. The number of likely N-dealkylation sites (N-methyl/N-ethyl adjacent to an activating group) is 2. The van der Waals surface area contributed by atoms with E-state index in [0.29, 0.717) is 43.0 Å². The molecule has 0 atom stereocenters. The molecular weight excluding hydrogens is 312 g/mol. The average molecular weight is 343 g/mol. The van der Waals surface area contributed by atoms with Crippen molar-refractivity contribution in [3.63, 3.8) is 0 Å². The first kappa shape index (κ1) is 19.7. The number of hydrogen-bond acceptors (Lipinski definition) is 5. The Kier molecular flexibility index (Phi) is 7.31. The normalized spacial score (nSPS) is 12.3. The molecule has 0 saturated carbocycles.